The molecule has 0 aliphatic heterocycles. The highest BCUT2D eigenvalue weighted by Gasteiger charge is 2.10. The lowest BCUT2D eigenvalue weighted by Gasteiger charge is -2.12. The van der Waals surface area contributed by atoms with Crippen LogP contribution in [-0.2, 0) is 0 Å². The lowest BCUT2D eigenvalue weighted by Crippen LogP contribution is -2.11. The Labute approximate surface area is 105 Å². The number of halogens is 1. The molecule has 2 rings (SSSR count). The average Bonchev–Trinajstić information content (AvgIpc) is 2.81. The minimum atomic E-state index is -0.678. The van der Waals surface area contributed by atoms with E-state index >= 15 is 0 Å². The van der Waals surface area contributed by atoms with Crippen molar-refractivity contribution in [2.24, 2.45) is 0 Å². The Balaban J connectivity index is 1.98. The number of hydrogen-bond acceptors (Lipinski definition) is 3. The quantitative estimate of drug-likeness (QED) is 0.876. The molecule has 2 aromatic rings. The van der Waals surface area contributed by atoms with Crippen LogP contribution < -0.4 is 5.32 Å². The third-order valence-corrected chi connectivity index (χ3v) is 2.79. The number of aryl methyl sites for hydroxylation is 1. The molecule has 1 aromatic carbocycles. The molecule has 0 fully saturated rings. The summed E-state index contributed by atoms with van der Waals surface area (Å²) in [5, 5.41) is 13.6. The number of benzene rings is 1. The van der Waals surface area contributed by atoms with E-state index < -0.39 is 6.10 Å². The number of aliphatic hydroxyl groups is 1. The van der Waals surface area contributed by atoms with Crippen LogP contribution in [0.15, 0.2) is 41.0 Å². The summed E-state index contributed by atoms with van der Waals surface area (Å²) in [7, 11) is 0. The topological polar surface area (TPSA) is 45.4 Å². The predicted octanol–water partition coefficient (Wildman–Crippen LogP) is 3.39. The standard InChI is InChI=1S/C13H14ClNO2/c1-9-4-5-11(10(14)7-9)15-8-12(16)13-3-2-6-17-13/h2-7,12,15-16H,8H2,1H3. The molecule has 0 spiro atoms. The summed E-state index contributed by atoms with van der Waals surface area (Å²) in [4.78, 5) is 0. The summed E-state index contributed by atoms with van der Waals surface area (Å²) in [5.74, 6) is 0.542. The maximum atomic E-state index is 9.82. The molecular formula is C13H14ClNO2. The summed E-state index contributed by atoms with van der Waals surface area (Å²) in [6.45, 7) is 2.34. The van der Waals surface area contributed by atoms with Crippen LogP contribution in [0, 0.1) is 6.92 Å². The monoisotopic (exact) mass is 251 g/mol. The molecule has 3 nitrogen and oxygen atoms in total. The van der Waals surface area contributed by atoms with Crippen molar-refractivity contribution in [2.45, 2.75) is 13.0 Å². The zero-order valence-corrected chi connectivity index (χ0v) is 10.2. The molecule has 90 valence electrons. The maximum Gasteiger partial charge on any atom is 0.134 e. The molecule has 0 amide bonds. The molecular weight excluding hydrogens is 238 g/mol. The Hall–Kier alpha value is -1.45. The largest absolute Gasteiger partial charge is 0.467 e. The normalized spacial score (nSPS) is 12.4. The summed E-state index contributed by atoms with van der Waals surface area (Å²) in [5.41, 5.74) is 1.91. The first-order valence-corrected chi connectivity index (χ1v) is 5.76. The van der Waals surface area contributed by atoms with E-state index in [1.807, 2.05) is 25.1 Å². The Kier molecular flexibility index (Phi) is 3.71. The number of furan rings is 1. The second-order valence-corrected chi connectivity index (χ2v) is 4.30. The molecule has 2 N–H and O–H groups in total. The number of anilines is 1. The lowest BCUT2D eigenvalue weighted by molar-refractivity contribution is 0.162. The molecule has 1 atom stereocenters. The van der Waals surface area contributed by atoms with E-state index in [0.717, 1.165) is 11.3 Å². The van der Waals surface area contributed by atoms with E-state index in [9.17, 15) is 5.11 Å². The highest BCUT2D eigenvalue weighted by molar-refractivity contribution is 6.33. The Morgan fingerprint density at radius 3 is 2.88 bits per heavy atom. The highest BCUT2D eigenvalue weighted by Crippen LogP contribution is 2.23. The molecule has 1 unspecified atom stereocenters. The van der Waals surface area contributed by atoms with E-state index in [1.165, 1.54) is 6.26 Å². The summed E-state index contributed by atoms with van der Waals surface area (Å²) >= 11 is 6.07. The first-order chi connectivity index (χ1) is 8.16. The fraction of sp³-hybridized carbons (Fsp3) is 0.231. The van der Waals surface area contributed by atoms with Gasteiger partial charge in [-0.05, 0) is 36.8 Å². The van der Waals surface area contributed by atoms with Gasteiger partial charge in [0.25, 0.3) is 0 Å². The lowest BCUT2D eigenvalue weighted by atomic mass is 10.2. The van der Waals surface area contributed by atoms with Gasteiger partial charge in [-0.25, -0.2) is 0 Å². The average molecular weight is 252 g/mol. The number of rotatable bonds is 4. The van der Waals surface area contributed by atoms with Gasteiger partial charge in [0.05, 0.1) is 17.0 Å². The zero-order valence-electron chi connectivity index (χ0n) is 9.48. The summed E-state index contributed by atoms with van der Waals surface area (Å²) < 4.78 is 5.11. The van der Waals surface area contributed by atoms with Crippen LogP contribution in [0.25, 0.3) is 0 Å². The van der Waals surface area contributed by atoms with Crippen molar-refractivity contribution in [2.75, 3.05) is 11.9 Å². The van der Waals surface area contributed by atoms with Crippen molar-refractivity contribution in [3.63, 3.8) is 0 Å². The van der Waals surface area contributed by atoms with Crippen LogP contribution >= 0.6 is 11.6 Å². The Bertz CT molecular complexity index is 482. The van der Waals surface area contributed by atoms with Crippen LogP contribution in [0.1, 0.15) is 17.4 Å². The number of nitrogens with one attached hydrogen (secondary N) is 1. The predicted molar refractivity (Wildman–Crippen MR) is 68.3 cm³/mol. The third-order valence-electron chi connectivity index (χ3n) is 2.48. The van der Waals surface area contributed by atoms with Crippen molar-refractivity contribution >= 4 is 17.3 Å². The van der Waals surface area contributed by atoms with Crippen LogP contribution in [0.5, 0.6) is 0 Å². The van der Waals surface area contributed by atoms with Crippen LogP contribution in [0.4, 0.5) is 5.69 Å². The first kappa shape index (κ1) is 12.0. The molecule has 1 aromatic heterocycles. The van der Waals surface area contributed by atoms with Gasteiger partial charge in [0, 0.05) is 6.54 Å². The van der Waals surface area contributed by atoms with E-state index in [-0.39, 0.29) is 0 Å². The molecule has 17 heavy (non-hydrogen) atoms. The smallest absolute Gasteiger partial charge is 0.134 e. The second kappa shape index (κ2) is 5.25. The summed E-state index contributed by atoms with van der Waals surface area (Å²) in [6, 6.07) is 9.23. The summed E-state index contributed by atoms with van der Waals surface area (Å²) in [6.07, 6.45) is 0.861. The number of hydrogen-bond donors (Lipinski definition) is 2. The van der Waals surface area contributed by atoms with Gasteiger partial charge < -0.3 is 14.8 Å². The highest BCUT2D eigenvalue weighted by atomic mass is 35.5. The molecule has 0 bridgehead atoms. The fourth-order valence-corrected chi connectivity index (χ4v) is 1.85. The van der Waals surface area contributed by atoms with Crippen LogP contribution in [0.2, 0.25) is 5.02 Å². The molecule has 4 heteroatoms. The van der Waals surface area contributed by atoms with Crippen molar-refractivity contribution in [3.05, 3.63) is 52.9 Å². The number of aliphatic hydroxyl groups excluding tert-OH is 1. The maximum absolute atomic E-state index is 9.82. The van der Waals surface area contributed by atoms with Gasteiger partial charge in [0.15, 0.2) is 0 Å². The van der Waals surface area contributed by atoms with Crippen molar-refractivity contribution in [1.82, 2.24) is 0 Å². The molecule has 1 heterocycles. The van der Waals surface area contributed by atoms with Crippen molar-refractivity contribution in [1.29, 1.82) is 0 Å². The van der Waals surface area contributed by atoms with Crippen molar-refractivity contribution in [3.8, 4) is 0 Å². The molecule has 0 aliphatic rings. The van der Waals surface area contributed by atoms with Crippen LogP contribution in [0.3, 0.4) is 0 Å². The van der Waals surface area contributed by atoms with E-state index in [2.05, 4.69) is 5.32 Å². The van der Waals surface area contributed by atoms with Crippen LogP contribution in [-0.4, -0.2) is 11.7 Å². The molecule has 0 saturated heterocycles. The Morgan fingerprint density at radius 2 is 2.24 bits per heavy atom. The fourth-order valence-electron chi connectivity index (χ4n) is 1.55. The van der Waals surface area contributed by atoms with Gasteiger partial charge in [-0.1, -0.05) is 17.7 Å². The SMILES string of the molecule is Cc1ccc(NCC(O)c2ccco2)c(Cl)c1. The van der Waals surface area contributed by atoms with Gasteiger partial charge in [0.2, 0.25) is 0 Å². The van der Waals surface area contributed by atoms with Gasteiger partial charge in [0.1, 0.15) is 11.9 Å². The second-order valence-electron chi connectivity index (χ2n) is 3.90. The Morgan fingerprint density at radius 1 is 1.41 bits per heavy atom. The van der Waals surface area contributed by atoms with E-state index in [4.69, 9.17) is 16.0 Å². The van der Waals surface area contributed by atoms with Crippen molar-refractivity contribution < 1.29 is 9.52 Å². The van der Waals surface area contributed by atoms with E-state index in [0.29, 0.717) is 17.3 Å². The van der Waals surface area contributed by atoms with Gasteiger partial charge >= 0.3 is 0 Å². The minimum Gasteiger partial charge on any atom is -0.467 e. The minimum absolute atomic E-state index is 0.357. The molecule has 0 saturated carbocycles. The van der Waals surface area contributed by atoms with Gasteiger partial charge in [-0.2, -0.15) is 0 Å². The third kappa shape index (κ3) is 3.02. The first-order valence-electron chi connectivity index (χ1n) is 5.38. The molecule has 0 radical (unpaired) electrons. The van der Waals surface area contributed by atoms with Gasteiger partial charge in [-0.15, -0.1) is 0 Å². The van der Waals surface area contributed by atoms with Gasteiger partial charge in [-0.3, -0.25) is 0 Å². The van der Waals surface area contributed by atoms with E-state index in [1.54, 1.807) is 12.1 Å². The zero-order chi connectivity index (χ0) is 12.3. The molecule has 0 aliphatic carbocycles.